The van der Waals surface area contributed by atoms with Crippen molar-refractivity contribution in [2.24, 2.45) is 0 Å². The molecule has 8 nitrogen and oxygen atoms in total. The summed E-state index contributed by atoms with van der Waals surface area (Å²) in [4.78, 5) is 40.9. The van der Waals surface area contributed by atoms with Crippen LogP contribution in [0.3, 0.4) is 0 Å². The van der Waals surface area contributed by atoms with E-state index in [-0.39, 0.29) is 18.1 Å². The van der Waals surface area contributed by atoms with Crippen LogP contribution in [0.5, 0.6) is 0 Å². The third-order valence-electron chi connectivity index (χ3n) is 4.52. The first-order valence-corrected chi connectivity index (χ1v) is 8.53. The molecule has 1 atom stereocenters. The predicted octanol–water partition coefficient (Wildman–Crippen LogP) is 1.83. The molecule has 0 saturated heterocycles. The van der Waals surface area contributed by atoms with Crippen molar-refractivity contribution in [2.75, 3.05) is 23.4 Å². The Labute approximate surface area is 156 Å². The number of aromatic amines is 1. The van der Waals surface area contributed by atoms with E-state index in [1.54, 1.807) is 45.0 Å². The van der Waals surface area contributed by atoms with E-state index in [9.17, 15) is 19.5 Å². The SMILES string of the molecule is Cc1[nH]c(C(=O)OCC(=O)N2CC(=O)Nc3ccccc32)c(C)c1[C@@H](C)O. The van der Waals surface area contributed by atoms with Gasteiger partial charge in [-0.05, 0) is 38.5 Å². The molecule has 0 spiro atoms. The molecule has 27 heavy (non-hydrogen) atoms. The van der Waals surface area contributed by atoms with Gasteiger partial charge < -0.3 is 20.1 Å². The molecule has 1 aliphatic rings. The van der Waals surface area contributed by atoms with Gasteiger partial charge in [0.2, 0.25) is 5.91 Å². The highest BCUT2D eigenvalue weighted by Crippen LogP contribution is 2.29. The van der Waals surface area contributed by atoms with E-state index in [2.05, 4.69) is 10.3 Å². The monoisotopic (exact) mass is 371 g/mol. The van der Waals surface area contributed by atoms with E-state index < -0.39 is 24.6 Å². The second-order valence-electron chi connectivity index (χ2n) is 6.46. The number of amides is 2. The standard InChI is InChI=1S/C19H21N3O5/c1-10-17(12(3)23)11(2)20-18(10)19(26)27-9-16(25)22-8-15(24)21-13-6-4-5-7-14(13)22/h4-7,12,20,23H,8-9H2,1-3H3,(H,21,24)/t12-/m1/s1. The van der Waals surface area contributed by atoms with Crippen LogP contribution < -0.4 is 10.2 Å². The summed E-state index contributed by atoms with van der Waals surface area (Å²) in [6.45, 7) is 4.43. The number of carbonyl (C=O) groups is 3. The number of aromatic nitrogens is 1. The highest BCUT2D eigenvalue weighted by molar-refractivity contribution is 6.10. The number of fused-ring (bicyclic) bond motifs is 1. The molecular weight excluding hydrogens is 350 g/mol. The number of ether oxygens (including phenoxy) is 1. The first kappa shape index (κ1) is 18.7. The van der Waals surface area contributed by atoms with Gasteiger partial charge in [0.05, 0.1) is 17.5 Å². The van der Waals surface area contributed by atoms with Crippen molar-refractivity contribution in [1.29, 1.82) is 0 Å². The number of aliphatic hydroxyl groups excluding tert-OH is 1. The number of anilines is 2. The maximum Gasteiger partial charge on any atom is 0.355 e. The molecule has 2 aromatic rings. The van der Waals surface area contributed by atoms with E-state index in [0.29, 0.717) is 28.2 Å². The fraction of sp³-hybridized carbons (Fsp3) is 0.316. The number of esters is 1. The smallest absolute Gasteiger partial charge is 0.355 e. The summed E-state index contributed by atoms with van der Waals surface area (Å²) in [5.74, 6) is -1.50. The van der Waals surface area contributed by atoms with Gasteiger partial charge in [0, 0.05) is 11.3 Å². The van der Waals surface area contributed by atoms with Gasteiger partial charge in [-0.1, -0.05) is 12.1 Å². The van der Waals surface area contributed by atoms with Crippen LogP contribution in [0, 0.1) is 13.8 Å². The van der Waals surface area contributed by atoms with Crippen LogP contribution >= 0.6 is 0 Å². The lowest BCUT2D eigenvalue weighted by Gasteiger charge is -2.28. The zero-order chi connectivity index (χ0) is 19.7. The molecule has 1 aliphatic heterocycles. The number of H-pyrrole nitrogens is 1. The van der Waals surface area contributed by atoms with Gasteiger partial charge in [0.1, 0.15) is 12.2 Å². The molecule has 8 heteroatoms. The number of nitrogens with one attached hydrogen (secondary N) is 2. The largest absolute Gasteiger partial charge is 0.451 e. The molecule has 0 radical (unpaired) electrons. The first-order valence-electron chi connectivity index (χ1n) is 8.53. The van der Waals surface area contributed by atoms with E-state index in [1.165, 1.54) is 4.90 Å². The summed E-state index contributed by atoms with van der Waals surface area (Å²) < 4.78 is 5.15. The van der Waals surface area contributed by atoms with Crippen LogP contribution in [-0.2, 0) is 14.3 Å². The van der Waals surface area contributed by atoms with Gasteiger partial charge in [0.25, 0.3) is 5.91 Å². The molecule has 1 aromatic heterocycles. The number of hydrogen-bond acceptors (Lipinski definition) is 5. The minimum atomic E-state index is -0.729. The Morgan fingerprint density at radius 2 is 2.00 bits per heavy atom. The van der Waals surface area contributed by atoms with Crippen molar-refractivity contribution in [3.63, 3.8) is 0 Å². The van der Waals surface area contributed by atoms with Crippen LogP contribution in [0.15, 0.2) is 24.3 Å². The molecule has 0 bridgehead atoms. The van der Waals surface area contributed by atoms with E-state index in [1.807, 2.05) is 0 Å². The van der Waals surface area contributed by atoms with Crippen molar-refractivity contribution in [3.05, 3.63) is 46.8 Å². The maximum absolute atomic E-state index is 12.5. The molecule has 0 fully saturated rings. The lowest BCUT2D eigenvalue weighted by molar-refractivity contribution is -0.124. The lowest BCUT2D eigenvalue weighted by atomic mass is 10.1. The summed E-state index contributed by atoms with van der Waals surface area (Å²) in [6.07, 6.45) is -0.729. The van der Waals surface area contributed by atoms with Gasteiger partial charge >= 0.3 is 5.97 Å². The molecule has 1 aromatic carbocycles. The van der Waals surface area contributed by atoms with Crippen molar-refractivity contribution in [1.82, 2.24) is 4.98 Å². The summed E-state index contributed by atoms with van der Waals surface area (Å²) in [7, 11) is 0. The summed E-state index contributed by atoms with van der Waals surface area (Å²) in [5, 5.41) is 12.5. The van der Waals surface area contributed by atoms with Crippen LogP contribution in [0.25, 0.3) is 0 Å². The van der Waals surface area contributed by atoms with Crippen LogP contribution in [0.2, 0.25) is 0 Å². The van der Waals surface area contributed by atoms with E-state index in [0.717, 1.165) is 0 Å². The molecule has 142 valence electrons. The van der Waals surface area contributed by atoms with Crippen molar-refractivity contribution in [3.8, 4) is 0 Å². The minimum absolute atomic E-state index is 0.139. The summed E-state index contributed by atoms with van der Waals surface area (Å²) >= 11 is 0. The van der Waals surface area contributed by atoms with Crippen LogP contribution in [-0.4, -0.2) is 41.0 Å². The topological polar surface area (TPSA) is 112 Å². The van der Waals surface area contributed by atoms with Crippen LogP contribution in [0.4, 0.5) is 11.4 Å². The molecule has 3 rings (SSSR count). The summed E-state index contributed by atoms with van der Waals surface area (Å²) in [5.41, 5.74) is 3.18. The lowest BCUT2D eigenvalue weighted by Crippen LogP contribution is -2.44. The van der Waals surface area contributed by atoms with Gasteiger partial charge in [-0.2, -0.15) is 0 Å². The second kappa shape index (κ2) is 7.24. The van der Waals surface area contributed by atoms with Gasteiger partial charge in [-0.25, -0.2) is 4.79 Å². The minimum Gasteiger partial charge on any atom is -0.451 e. The Hall–Kier alpha value is -3.13. The van der Waals surface area contributed by atoms with Crippen molar-refractivity contribution >= 4 is 29.2 Å². The first-order chi connectivity index (χ1) is 12.8. The molecule has 0 saturated carbocycles. The second-order valence-corrected chi connectivity index (χ2v) is 6.46. The average Bonchev–Trinajstić information content (AvgIpc) is 2.93. The van der Waals surface area contributed by atoms with E-state index >= 15 is 0 Å². The molecule has 0 aliphatic carbocycles. The quantitative estimate of drug-likeness (QED) is 0.710. The number of carbonyl (C=O) groups excluding carboxylic acids is 3. The molecule has 3 N–H and O–H groups in total. The Morgan fingerprint density at radius 1 is 1.30 bits per heavy atom. The number of benzene rings is 1. The Bertz CT molecular complexity index is 916. The fourth-order valence-corrected chi connectivity index (χ4v) is 3.33. The molecule has 2 amide bonds. The molecular formula is C19H21N3O5. The number of hydrogen-bond donors (Lipinski definition) is 3. The van der Waals surface area contributed by atoms with E-state index in [4.69, 9.17) is 4.74 Å². The van der Waals surface area contributed by atoms with Crippen molar-refractivity contribution in [2.45, 2.75) is 26.9 Å². The normalized spacial score (nSPS) is 14.4. The molecule has 0 unspecified atom stereocenters. The molecule has 2 heterocycles. The van der Waals surface area contributed by atoms with Gasteiger partial charge in [-0.15, -0.1) is 0 Å². The zero-order valence-electron chi connectivity index (χ0n) is 15.3. The predicted molar refractivity (Wildman–Crippen MR) is 98.6 cm³/mol. The van der Waals surface area contributed by atoms with Crippen LogP contribution in [0.1, 0.15) is 40.3 Å². The zero-order valence-corrected chi connectivity index (χ0v) is 15.3. The average molecular weight is 371 g/mol. The Morgan fingerprint density at radius 3 is 2.67 bits per heavy atom. The number of aliphatic hydroxyl groups is 1. The maximum atomic E-state index is 12.5. The Kier molecular flexibility index (Phi) is 5.00. The third kappa shape index (κ3) is 3.56. The van der Waals surface area contributed by atoms with Gasteiger partial charge in [-0.3, -0.25) is 14.5 Å². The third-order valence-corrected chi connectivity index (χ3v) is 4.52. The number of rotatable bonds is 4. The summed E-state index contributed by atoms with van der Waals surface area (Å²) in [6, 6.07) is 6.91. The number of para-hydroxylation sites is 2. The number of aryl methyl sites for hydroxylation is 1. The number of nitrogens with zero attached hydrogens (tertiary/aromatic N) is 1. The highest BCUT2D eigenvalue weighted by Gasteiger charge is 2.28. The Balaban J connectivity index is 1.72. The van der Waals surface area contributed by atoms with Crippen molar-refractivity contribution < 1.29 is 24.2 Å². The highest BCUT2D eigenvalue weighted by atomic mass is 16.5. The fourth-order valence-electron chi connectivity index (χ4n) is 3.33. The van der Waals surface area contributed by atoms with Gasteiger partial charge in [0.15, 0.2) is 6.61 Å².